The van der Waals surface area contributed by atoms with Crippen LogP contribution >= 0.6 is 0 Å². The Morgan fingerprint density at radius 2 is 1.61 bits per heavy atom. The highest BCUT2D eigenvalue weighted by Gasteiger charge is 2.23. The van der Waals surface area contributed by atoms with Crippen LogP contribution in [0.5, 0.6) is 0 Å². The van der Waals surface area contributed by atoms with Gasteiger partial charge in [0.05, 0.1) is 0 Å². The van der Waals surface area contributed by atoms with E-state index >= 15 is 0 Å². The van der Waals surface area contributed by atoms with Crippen molar-refractivity contribution < 1.29 is 0 Å². The van der Waals surface area contributed by atoms with E-state index in [0.29, 0.717) is 12.1 Å². The summed E-state index contributed by atoms with van der Waals surface area (Å²) in [5.74, 6) is 0. The monoisotopic (exact) mass is 257 g/mol. The van der Waals surface area contributed by atoms with Gasteiger partial charge in [0.1, 0.15) is 0 Å². The van der Waals surface area contributed by atoms with Crippen LogP contribution in [-0.2, 0) is 0 Å². The topological polar surface area (TPSA) is 18.5 Å². The third kappa shape index (κ3) is 6.72. The first-order valence-corrected chi connectivity index (χ1v) is 7.66. The van der Waals surface area contributed by atoms with E-state index in [2.05, 4.69) is 57.0 Å². The molecule has 0 aliphatic carbocycles. The predicted octanol–water partition coefficient (Wildman–Crippen LogP) is 2.43. The quantitative estimate of drug-likeness (QED) is 0.613. The Kier molecular flexibility index (Phi) is 10.7. The normalized spacial score (nSPS) is 15.3. The summed E-state index contributed by atoms with van der Waals surface area (Å²) in [6.07, 6.45) is 5.01. The molecule has 0 aromatic rings. The van der Waals surface area contributed by atoms with Gasteiger partial charge in [-0.2, -0.15) is 0 Å². The van der Waals surface area contributed by atoms with Crippen LogP contribution in [0.3, 0.4) is 0 Å². The third-order valence-corrected chi connectivity index (χ3v) is 3.67. The van der Waals surface area contributed by atoms with Crippen LogP contribution in [0.25, 0.3) is 0 Å². The molecule has 0 aliphatic rings. The number of nitrogens with one attached hydrogen (secondary N) is 1. The first-order chi connectivity index (χ1) is 8.60. The van der Waals surface area contributed by atoms with Crippen LogP contribution in [0, 0.1) is 0 Å². The first-order valence-electron chi connectivity index (χ1n) is 7.66. The van der Waals surface area contributed by atoms with Crippen LogP contribution in [0.2, 0.25) is 0 Å². The second-order valence-corrected chi connectivity index (χ2v) is 5.50. The lowest BCUT2D eigenvalue weighted by molar-refractivity contribution is 0.138. The van der Waals surface area contributed by atoms with Crippen LogP contribution in [0.15, 0.2) is 0 Å². The van der Waals surface area contributed by atoms with Gasteiger partial charge in [-0.15, -0.1) is 0 Å². The Bertz CT molecular complexity index is 183. The van der Waals surface area contributed by atoms with E-state index in [1.54, 1.807) is 0 Å². The minimum atomic E-state index is 0.633. The largest absolute Gasteiger partial charge is 0.315 e. The number of nitrogens with zero attached hydrogens (tertiary/aromatic N) is 2. The van der Waals surface area contributed by atoms with E-state index in [1.807, 2.05) is 0 Å². The summed E-state index contributed by atoms with van der Waals surface area (Å²) in [5, 5.41) is 3.53. The summed E-state index contributed by atoms with van der Waals surface area (Å²) in [7, 11) is 6.43. The fraction of sp³-hybridized carbons (Fsp3) is 1.00. The van der Waals surface area contributed by atoms with Crippen molar-refractivity contribution in [3.8, 4) is 0 Å². The minimum Gasteiger partial charge on any atom is -0.315 e. The smallest absolute Gasteiger partial charge is 0.0247 e. The molecule has 18 heavy (non-hydrogen) atoms. The summed E-state index contributed by atoms with van der Waals surface area (Å²) in [4.78, 5) is 4.96. The van der Waals surface area contributed by atoms with Gasteiger partial charge in [0.25, 0.3) is 0 Å². The molecule has 3 nitrogen and oxygen atoms in total. The van der Waals surface area contributed by atoms with Gasteiger partial charge in [0.15, 0.2) is 0 Å². The van der Waals surface area contributed by atoms with Gasteiger partial charge in [0, 0.05) is 25.2 Å². The maximum absolute atomic E-state index is 3.53. The molecular formula is C15H35N3. The van der Waals surface area contributed by atoms with E-state index in [9.17, 15) is 0 Å². The van der Waals surface area contributed by atoms with Crippen molar-refractivity contribution in [2.75, 3.05) is 40.8 Å². The van der Waals surface area contributed by atoms with Crippen molar-refractivity contribution in [2.45, 2.75) is 58.5 Å². The number of hydrogen-bond acceptors (Lipinski definition) is 3. The molecule has 0 spiro atoms. The lowest BCUT2D eigenvalue weighted by Gasteiger charge is -2.37. The second-order valence-electron chi connectivity index (χ2n) is 5.50. The number of rotatable bonds is 11. The molecule has 3 heteroatoms. The lowest BCUT2D eigenvalue weighted by atomic mass is 9.99. The SMILES string of the molecule is CCCC(NC)C(CC)N(CCC)CCN(C)C. The molecule has 0 heterocycles. The molecule has 0 aliphatic heterocycles. The van der Waals surface area contributed by atoms with Crippen LogP contribution in [0.4, 0.5) is 0 Å². The second kappa shape index (κ2) is 10.8. The number of hydrogen-bond donors (Lipinski definition) is 1. The minimum absolute atomic E-state index is 0.633. The Morgan fingerprint density at radius 3 is 2.00 bits per heavy atom. The fourth-order valence-electron chi connectivity index (χ4n) is 2.70. The molecule has 0 radical (unpaired) electrons. The maximum atomic E-state index is 3.53. The molecule has 2 atom stereocenters. The van der Waals surface area contributed by atoms with E-state index in [-0.39, 0.29) is 0 Å². The molecule has 0 aromatic heterocycles. The van der Waals surface area contributed by atoms with Crippen molar-refractivity contribution in [1.82, 2.24) is 15.1 Å². The molecule has 0 saturated heterocycles. The van der Waals surface area contributed by atoms with Crippen molar-refractivity contribution in [2.24, 2.45) is 0 Å². The van der Waals surface area contributed by atoms with Gasteiger partial charge < -0.3 is 10.2 Å². The van der Waals surface area contributed by atoms with E-state index in [1.165, 1.54) is 38.8 Å². The molecule has 0 bridgehead atoms. The van der Waals surface area contributed by atoms with Crippen molar-refractivity contribution in [3.05, 3.63) is 0 Å². The molecule has 0 aromatic carbocycles. The van der Waals surface area contributed by atoms with Crippen LogP contribution in [0.1, 0.15) is 46.5 Å². The summed E-state index contributed by atoms with van der Waals surface area (Å²) < 4.78 is 0. The highest BCUT2D eigenvalue weighted by Crippen LogP contribution is 2.14. The van der Waals surface area contributed by atoms with Gasteiger partial charge in [-0.25, -0.2) is 0 Å². The van der Waals surface area contributed by atoms with E-state index < -0.39 is 0 Å². The molecule has 0 rings (SSSR count). The lowest BCUT2D eigenvalue weighted by Crippen LogP contribution is -2.50. The fourth-order valence-corrected chi connectivity index (χ4v) is 2.70. The van der Waals surface area contributed by atoms with Crippen LogP contribution in [-0.4, -0.2) is 62.7 Å². The van der Waals surface area contributed by atoms with Gasteiger partial charge >= 0.3 is 0 Å². The Labute approximate surface area is 115 Å². The zero-order valence-corrected chi connectivity index (χ0v) is 13.5. The van der Waals surface area contributed by atoms with Gasteiger partial charge in [0.2, 0.25) is 0 Å². The summed E-state index contributed by atoms with van der Waals surface area (Å²) in [5.41, 5.74) is 0. The van der Waals surface area contributed by atoms with Crippen molar-refractivity contribution in [1.29, 1.82) is 0 Å². The molecular weight excluding hydrogens is 222 g/mol. The summed E-state index contributed by atoms with van der Waals surface area (Å²) in [6, 6.07) is 1.31. The van der Waals surface area contributed by atoms with E-state index in [0.717, 1.165) is 6.54 Å². The van der Waals surface area contributed by atoms with Gasteiger partial charge in [-0.1, -0.05) is 27.2 Å². The molecule has 0 fully saturated rings. The molecule has 0 amide bonds. The maximum Gasteiger partial charge on any atom is 0.0247 e. The summed E-state index contributed by atoms with van der Waals surface area (Å²) >= 11 is 0. The van der Waals surface area contributed by atoms with Gasteiger partial charge in [-0.3, -0.25) is 4.90 Å². The third-order valence-electron chi connectivity index (χ3n) is 3.67. The first kappa shape index (κ1) is 17.9. The van der Waals surface area contributed by atoms with Crippen molar-refractivity contribution in [3.63, 3.8) is 0 Å². The summed E-state index contributed by atoms with van der Waals surface area (Å²) in [6.45, 7) is 10.4. The highest BCUT2D eigenvalue weighted by atomic mass is 15.2. The standard InChI is InChI=1S/C15H35N3/c1-7-10-14(16-4)15(9-3)18(11-8-2)13-12-17(5)6/h14-16H,7-13H2,1-6H3. The number of likely N-dealkylation sites (N-methyl/N-ethyl adjacent to an activating group) is 2. The van der Waals surface area contributed by atoms with Crippen molar-refractivity contribution >= 4 is 0 Å². The Hall–Kier alpha value is -0.120. The Balaban J connectivity index is 4.56. The average Bonchev–Trinajstić information content (AvgIpc) is 2.35. The zero-order valence-electron chi connectivity index (χ0n) is 13.5. The zero-order chi connectivity index (χ0) is 14.0. The Morgan fingerprint density at radius 1 is 0.944 bits per heavy atom. The predicted molar refractivity (Wildman–Crippen MR) is 82.3 cm³/mol. The highest BCUT2D eigenvalue weighted by molar-refractivity contribution is 4.83. The van der Waals surface area contributed by atoms with E-state index in [4.69, 9.17) is 0 Å². The average molecular weight is 257 g/mol. The molecule has 2 unspecified atom stereocenters. The molecule has 110 valence electrons. The van der Waals surface area contributed by atoms with Crippen LogP contribution < -0.4 is 5.32 Å². The molecule has 0 saturated carbocycles. The van der Waals surface area contributed by atoms with Gasteiger partial charge in [-0.05, 0) is 47.0 Å². The molecule has 1 N–H and O–H groups in total.